The molecule has 2 N–H and O–H groups in total. The quantitative estimate of drug-likeness (QED) is 0.792. The van der Waals surface area contributed by atoms with E-state index in [9.17, 15) is 9.59 Å². The molecule has 0 aliphatic heterocycles. The molecule has 1 saturated carbocycles. The minimum atomic E-state index is -0.938. The Bertz CT molecular complexity index is 547. The Morgan fingerprint density at radius 3 is 2.50 bits per heavy atom. The Morgan fingerprint density at radius 2 is 1.91 bits per heavy atom. The van der Waals surface area contributed by atoms with Crippen LogP contribution in [0.5, 0.6) is 0 Å². The van der Waals surface area contributed by atoms with E-state index in [2.05, 4.69) is 5.32 Å². The van der Waals surface area contributed by atoms with Gasteiger partial charge in [0.25, 0.3) is 0 Å². The van der Waals surface area contributed by atoms with Crippen LogP contribution in [0.1, 0.15) is 60.0 Å². The molecule has 1 atom stereocenters. The number of rotatable bonds is 6. The van der Waals surface area contributed by atoms with Gasteiger partial charge in [-0.05, 0) is 32.3 Å². The normalized spacial score (nSPS) is 17.2. The van der Waals surface area contributed by atoms with Crippen LogP contribution < -0.4 is 5.32 Å². The van der Waals surface area contributed by atoms with Gasteiger partial charge in [-0.2, -0.15) is 0 Å². The molecular formula is C18H25NO3. The van der Waals surface area contributed by atoms with Gasteiger partial charge in [-0.25, -0.2) is 0 Å². The molecule has 1 aromatic rings. The van der Waals surface area contributed by atoms with Gasteiger partial charge >= 0.3 is 5.97 Å². The maximum Gasteiger partial charge on any atom is 0.305 e. The van der Waals surface area contributed by atoms with Crippen molar-refractivity contribution >= 4 is 11.8 Å². The minimum Gasteiger partial charge on any atom is -0.481 e. The second-order valence-electron chi connectivity index (χ2n) is 6.33. The van der Waals surface area contributed by atoms with Crippen LogP contribution in [0.4, 0.5) is 0 Å². The highest BCUT2D eigenvalue weighted by atomic mass is 16.4. The van der Waals surface area contributed by atoms with Crippen LogP contribution in [0.25, 0.3) is 0 Å². The van der Waals surface area contributed by atoms with Crippen molar-refractivity contribution in [1.82, 2.24) is 5.32 Å². The first kappa shape index (κ1) is 16.7. The summed E-state index contributed by atoms with van der Waals surface area (Å²) >= 11 is 0. The molecule has 0 spiro atoms. The molecule has 120 valence electrons. The number of hydrogen-bond acceptors (Lipinski definition) is 3. The summed E-state index contributed by atoms with van der Waals surface area (Å²) in [4.78, 5) is 23.9. The summed E-state index contributed by atoms with van der Waals surface area (Å²) in [5, 5.41) is 12.4. The number of carbonyl (C=O) groups is 2. The van der Waals surface area contributed by atoms with Crippen molar-refractivity contribution in [2.75, 3.05) is 0 Å². The number of ketones is 1. The highest BCUT2D eigenvalue weighted by molar-refractivity contribution is 6.02. The van der Waals surface area contributed by atoms with Crippen molar-refractivity contribution in [3.63, 3.8) is 0 Å². The van der Waals surface area contributed by atoms with E-state index in [1.165, 1.54) is 6.42 Å². The smallest absolute Gasteiger partial charge is 0.305 e. The molecule has 0 bridgehead atoms. The number of carboxylic acids is 1. The Balaban J connectivity index is 2.15. The fourth-order valence-corrected chi connectivity index (χ4v) is 3.23. The zero-order valence-corrected chi connectivity index (χ0v) is 13.4. The maximum absolute atomic E-state index is 12.8. The average Bonchev–Trinajstić information content (AvgIpc) is 2.46. The Morgan fingerprint density at radius 1 is 1.23 bits per heavy atom. The van der Waals surface area contributed by atoms with Crippen LogP contribution in [0, 0.1) is 13.8 Å². The van der Waals surface area contributed by atoms with Gasteiger partial charge < -0.3 is 10.4 Å². The number of hydrogen-bond donors (Lipinski definition) is 2. The highest BCUT2D eigenvalue weighted by Crippen LogP contribution is 2.20. The summed E-state index contributed by atoms with van der Waals surface area (Å²) in [5.41, 5.74) is 2.63. The summed E-state index contributed by atoms with van der Waals surface area (Å²) in [6.45, 7) is 3.88. The first-order valence-corrected chi connectivity index (χ1v) is 8.06. The molecule has 0 heterocycles. The number of benzene rings is 1. The Hall–Kier alpha value is -1.68. The van der Waals surface area contributed by atoms with Crippen molar-refractivity contribution in [2.45, 2.75) is 64.5 Å². The monoisotopic (exact) mass is 303 g/mol. The molecule has 1 aromatic carbocycles. The third-order valence-electron chi connectivity index (χ3n) is 4.38. The molecule has 0 saturated heterocycles. The number of aryl methyl sites for hydroxylation is 2. The van der Waals surface area contributed by atoms with Crippen LogP contribution in [0.3, 0.4) is 0 Å². The van der Waals surface area contributed by atoms with E-state index in [1.54, 1.807) is 0 Å². The minimum absolute atomic E-state index is 0.106. The molecule has 0 amide bonds. The average molecular weight is 303 g/mol. The van der Waals surface area contributed by atoms with Gasteiger partial charge in [-0.3, -0.25) is 9.59 Å². The van der Waals surface area contributed by atoms with Crippen LogP contribution in [0.15, 0.2) is 18.2 Å². The first-order chi connectivity index (χ1) is 10.5. The molecule has 4 nitrogen and oxygen atoms in total. The van der Waals surface area contributed by atoms with E-state index < -0.39 is 12.0 Å². The largest absolute Gasteiger partial charge is 0.481 e. The van der Waals surface area contributed by atoms with Crippen molar-refractivity contribution in [3.8, 4) is 0 Å². The van der Waals surface area contributed by atoms with Gasteiger partial charge in [0.15, 0.2) is 5.78 Å². The van der Waals surface area contributed by atoms with Crippen molar-refractivity contribution < 1.29 is 14.7 Å². The second kappa shape index (κ2) is 7.54. The van der Waals surface area contributed by atoms with Crippen LogP contribution in [0.2, 0.25) is 0 Å². The molecule has 4 heteroatoms. The molecule has 1 aliphatic carbocycles. The predicted octanol–water partition coefficient (Wildman–Crippen LogP) is 3.25. The Kier molecular flexibility index (Phi) is 5.72. The Labute approximate surface area is 131 Å². The summed E-state index contributed by atoms with van der Waals surface area (Å²) in [5.74, 6) is -1.04. The van der Waals surface area contributed by atoms with E-state index >= 15 is 0 Å². The highest BCUT2D eigenvalue weighted by Gasteiger charge is 2.27. The number of carboxylic acid groups (broad SMARTS) is 1. The lowest BCUT2D eigenvalue weighted by Gasteiger charge is -2.27. The number of carbonyl (C=O) groups excluding carboxylic acids is 1. The molecule has 2 rings (SSSR count). The maximum atomic E-state index is 12.8. The molecule has 1 fully saturated rings. The fraction of sp³-hybridized carbons (Fsp3) is 0.556. The van der Waals surface area contributed by atoms with Crippen molar-refractivity contribution in [2.24, 2.45) is 0 Å². The summed E-state index contributed by atoms with van der Waals surface area (Å²) < 4.78 is 0. The zero-order valence-electron chi connectivity index (χ0n) is 13.4. The van der Waals surface area contributed by atoms with E-state index in [1.807, 2.05) is 32.0 Å². The lowest BCUT2D eigenvalue weighted by Crippen LogP contribution is -2.45. The molecule has 1 aliphatic rings. The summed E-state index contributed by atoms with van der Waals surface area (Å²) in [6.07, 6.45) is 5.41. The molecule has 0 aromatic heterocycles. The second-order valence-corrected chi connectivity index (χ2v) is 6.33. The van der Waals surface area contributed by atoms with Gasteiger partial charge in [0, 0.05) is 11.6 Å². The van der Waals surface area contributed by atoms with Crippen LogP contribution >= 0.6 is 0 Å². The van der Waals surface area contributed by atoms with Gasteiger partial charge in [0.05, 0.1) is 12.5 Å². The number of nitrogens with one attached hydrogen (secondary N) is 1. The van der Waals surface area contributed by atoms with E-state index in [0.717, 1.165) is 36.8 Å². The first-order valence-electron chi connectivity index (χ1n) is 8.06. The van der Waals surface area contributed by atoms with Gasteiger partial charge in [-0.1, -0.05) is 43.0 Å². The van der Waals surface area contributed by atoms with Crippen molar-refractivity contribution in [1.29, 1.82) is 0 Å². The number of Topliss-reactive ketones (excluding diaryl/α,β-unsaturated/α-hetero) is 1. The predicted molar refractivity (Wildman–Crippen MR) is 86.3 cm³/mol. The number of aliphatic carboxylic acids is 1. The lowest BCUT2D eigenvalue weighted by atomic mass is 9.92. The van der Waals surface area contributed by atoms with Gasteiger partial charge in [0.1, 0.15) is 0 Å². The fourth-order valence-electron chi connectivity index (χ4n) is 3.23. The molecule has 22 heavy (non-hydrogen) atoms. The molecule has 0 radical (unpaired) electrons. The van der Waals surface area contributed by atoms with E-state index in [-0.39, 0.29) is 18.2 Å². The van der Waals surface area contributed by atoms with Gasteiger partial charge in [0.2, 0.25) is 0 Å². The van der Waals surface area contributed by atoms with Crippen LogP contribution in [-0.2, 0) is 4.79 Å². The topological polar surface area (TPSA) is 66.4 Å². The summed E-state index contributed by atoms with van der Waals surface area (Å²) in [7, 11) is 0. The lowest BCUT2D eigenvalue weighted by molar-refractivity contribution is -0.137. The third-order valence-corrected chi connectivity index (χ3v) is 4.38. The van der Waals surface area contributed by atoms with Crippen molar-refractivity contribution in [3.05, 3.63) is 34.9 Å². The standard InChI is InChI=1S/C18H25NO3/c1-12-8-9-15(13(2)10-12)18(22)16(11-17(20)21)19-14-6-4-3-5-7-14/h8-10,14,16,19H,3-7,11H2,1-2H3,(H,20,21). The third kappa shape index (κ3) is 4.41. The van der Waals surface area contributed by atoms with E-state index in [0.29, 0.717) is 5.56 Å². The summed E-state index contributed by atoms with van der Waals surface area (Å²) in [6, 6.07) is 5.30. The van der Waals surface area contributed by atoms with E-state index in [4.69, 9.17) is 5.11 Å². The van der Waals surface area contributed by atoms with Crippen LogP contribution in [-0.4, -0.2) is 28.9 Å². The zero-order chi connectivity index (χ0) is 16.1. The SMILES string of the molecule is Cc1ccc(C(=O)C(CC(=O)O)NC2CCCCC2)c(C)c1. The molecule has 1 unspecified atom stereocenters. The molecular weight excluding hydrogens is 278 g/mol. The van der Waals surface area contributed by atoms with Gasteiger partial charge in [-0.15, -0.1) is 0 Å².